The first-order valence-corrected chi connectivity index (χ1v) is 11.2. The zero-order valence-corrected chi connectivity index (χ0v) is 17.8. The van der Waals surface area contributed by atoms with E-state index in [0.29, 0.717) is 26.1 Å². The highest BCUT2D eigenvalue weighted by Gasteiger charge is 2.07. The van der Waals surface area contributed by atoms with Crippen molar-refractivity contribution in [1.82, 2.24) is 0 Å². The average molecular weight is 383 g/mol. The number of carbonyl (C=O) groups excluding carboxylic acids is 2. The Morgan fingerprint density at radius 2 is 1.15 bits per heavy atom. The molecule has 4 nitrogen and oxygen atoms in total. The van der Waals surface area contributed by atoms with Crippen LogP contribution in [0, 0.1) is 0 Å². The summed E-state index contributed by atoms with van der Waals surface area (Å²) in [6, 6.07) is 0. The molecule has 0 radical (unpaired) electrons. The first kappa shape index (κ1) is 25.7. The van der Waals surface area contributed by atoms with Gasteiger partial charge < -0.3 is 9.47 Å². The fraction of sp³-hybridized carbons (Fsp3) is 0.826. The maximum absolute atomic E-state index is 11.6. The maximum atomic E-state index is 11.6. The Kier molecular flexibility index (Phi) is 20.0. The predicted octanol–water partition coefficient (Wildman–Crippen LogP) is 6.52. The van der Waals surface area contributed by atoms with E-state index in [2.05, 4.69) is 19.9 Å². The fourth-order valence-electron chi connectivity index (χ4n) is 2.82. The first-order chi connectivity index (χ1) is 13.2. The molecule has 0 fully saturated rings. The van der Waals surface area contributed by atoms with Crippen molar-refractivity contribution in [2.24, 2.45) is 0 Å². The summed E-state index contributed by atoms with van der Waals surface area (Å²) in [6.07, 6.45) is 19.6. The second kappa shape index (κ2) is 21.0. The third-order valence-electron chi connectivity index (χ3n) is 4.47. The Labute approximate surface area is 167 Å². The van der Waals surface area contributed by atoms with Gasteiger partial charge in [-0.15, -0.1) is 0 Å². The van der Waals surface area contributed by atoms with E-state index in [1.165, 1.54) is 51.4 Å². The third kappa shape index (κ3) is 20.8. The number of ether oxygens (including phenoxy) is 2. The monoisotopic (exact) mass is 382 g/mol. The molecule has 27 heavy (non-hydrogen) atoms. The van der Waals surface area contributed by atoms with E-state index in [0.717, 1.165) is 25.7 Å². The summed E-state index contributed by atoms with van der Waals surface area (Å²) in [4.78, 5) is 23.2. The molecule has 0 heterocycles. The molecule has 0 N–H and O–H groups in total. The number of esters is 2. The Hall–Kier alpha value is -1.32. The number of hydrogen-bond donors (Lipinski definition) is 0. The predicted molar refractivity (Wildman–Crippen MR) is 112 cm³/mol. The molecule has 0 aliphatic carbocycles. The van der Waals surface area contributed by atoms with Crippen LogP contribution in [0.15, 0.2) is 12.2 Å². The van der Waals surface area contributed by atoms with Crippen LogP contribution in [-0.4, -0.2) is 25.2 Å². The molecule has 0 aromatic heterocycles. The van der Waals surface area contributed by atoms with Gasteiger partial charge in [-0.2, -0.15) is 0 Å². The molecule has 0 aliphatic rings. The zero-order valence-electron chi connectivity index (χ0n) is 17.8. The summed E-state index contributed by atoms with van der Waals surface area (Å²) < 4.78 is 10.3. The normalized spacial score (nSPS) is 11.0. The Balaban J connectivity index is 3.32. The van der Waals surface area contributed by atoms with Gasteiger partial charge in [-0.25, -0.2) is 0 Å². The van der Waals surface area contributed by atoms with E-state index in [-0.39, 0.29) is 18.4 Å². The lowest BCUT2D eigenvalue weighted by molar-refractivity contribution is -0.145. The molecule has 0 amide bonds. The molecule has 0 aromatic carbocycles. The molecule has 0 aliphatic heterocycles. The van der Waals surface area contributed by atoms with Gasteiger partial charge in [0, 0.05) is 12.8 Å². The van der Waals surface area contributed by atoms with Crippen molar-refractivity contribution in [2.45, 2.75) is 110 Å². The number of carbonyl (C=O) groups is 2. The highest BCUT2D eigenvalue weighted by atomic mass is 16.5. The summed E-state index contributed by atoms with van der Waals surface area (Å²) in [5, 5.41) is 0. The van der Waals surface area contributed by atoms with Crippen molar-refractivity contribution < 1.29 is 19.1 Å². The Morgan fingerprint density at radius 3 is 1.70 bits per heavy atom. The summed E-state index contributed by atoms with van der Waals surface area (Å²) in [6.45, 7) is 5.23. The van der Waals surface area contributed by atoms with Crippen molar-refractivity contribution in [3.63, 3.8) is 0 Å². The second-order valence-electron chi connectivity index (χ2n) is 7.14. The van der Waals surface area contributed by atoms with E-state index < -0.39 is 0 Å². The van der Waals surface area contributed by atoms with Gasteiger partial charge in [0.25, 0.3) is 0 Å². The molecular weight excluding hydrogens is 340 g/mol. The zero-order chi connectivity index (χ0) is 20.0. The van der Waals surface area contributed by atoms with Gasteiger partial charge in [0.05, 0.1) is 13.2 Å². The molecule has 0 unspecified atom stereocenters. The van der Waals surface area contributed by atoms with Gasteiger partial charge in [0.1, 0.15) is 0 Å². The van der Waals surface area contributed by atoms with E-state index in [1.807, 2.05) is 6.08 Å². The van der Waals surface area contributed by atoms with Crippen LogP contribution in [0.4, 0.5) is 0 Å². The lowest BCUT2D eigenvalue weighted by Crippen LogP contribution is -2.09. The van der Waals surface area contributed by atoms with Gasteiger partial charge in [0.15, 0.2) is 0 Å². The van der Waals surface area contributed by atoms with E-state index >= 15 is 0 Å². The van der Waals surface area contributed by atoms with Crippen molar-refractivity contribution in [3.8, 4) is 0 Å². The summed E-state index contributed by atoms with van der Waals surface area (Å²) in [5.74, 6) is -0.438. The standard InChI is InChI=1S/C23H42O4/c1-3-5-7-9-10-11-12-13-14-16-21-27-23(25)19-17-18-22(24)26-20-15-8-6-4-2/h6,8H,3-5,7,9-21H2,1-2H3/b8-6-. The summed E-state index contributed by atoms with van der Waals surface area (Å²) >= 11 is 0. The molecule has 0 bridgehead atoms. The van der Waals surface area contributed by atoms with Crippen LogP contribution >= 0.6 is 0 Å². The van der Waals surface area contributed by atoms with Crippen LogP contribution in [0.5, 0.6) is 0 Å². The Bertz CT molecular complexity index is 377. The van der Waals surface area contributed by atoms with E-state index in [4.69, 9.17) is 9.47 Å². The average Bonchev–Trinajstić information content (AvgIpc) is 2.66. The van der Waals surface area contributed by atoms with Crippen molar-refractivity contribution >= 4 is 11.9 Å². The molecule has 0 atom stereocenters. The number of rotatable bonds is 19. The number of hydrogen-bond acceptors (Lipinski definition) is 4. The van der Waals surface area contributed by atoms with Crippen molar-refractivity contribution in [3.05, 3.63) is 12.2 Å². The highest BCUT2D eigenvalue weighted by Crippen LogP contribution is 2.10. The molecule has 0 saturated heterocycles. The van der Waals surface area contributed by atoms with Gasteiger partial charge in [-0.05, 0) is 25.7 Å². The molecule has 158 valence electrons. The third-order valence-corrected chi connectivity index (χ3v) is 4.47. The first-order valence-electron chi connectivity index (χ1n) is 11.2. The summed E-state index contributed by atoms with van der Waals surface area (Å²) in [7, 11) is 0. The molecule has 4 heteroatoms. The van der Waals surface area contributed by atoms with Crippen molar-refractivity contribution in [1.29, 1.82) is 0 Å². The van der Waals surface area contributed by atoms with Crippen LogP contribution in [0.25, 0.3) is 0 Å². The van der Waals surface area contributed by atoms with Gasteiger partial charge >= 0.3 is 11.9 Å². The minimum Gasteiger partial charge on any atom is -0.466 e. The van der Waals surface area contributed by atoms with Gasteiger partial charge in [-0.1, -0.05) is 83.8 Å². The minimum absolute atomic E-state index is 0.204. The lowest BCUT2D eigenvalue weighted by atomic mass is 10.1. The van der Waals surface area contributed by atoms with Crippen molar-refractivity contribution in [2.75, 3.05) is 13.2 Å². The topological polar surface area (TPSA) is 52.6 Å². The second-order valence-corrected chi connectivity index (χ2v) is 7.14. The summed E-state index contributed by atoms with van der Waals surface area (Å²) in [5.41, 5.74) is 0. The molecular formula is C23H42O4. The quantitative estimate of drug-likeness (QED) is 0.145. The van der Waals surface area contributed by atoms with Gasteiger partial charge in [-0.3, -0.25) is 9.59 Å². The van der Waals surface area contributed by atoms with Gasteiger partial charge in [0.2, 0.25) is 0 Å². The minimum atomic E-state index is -0.234. The molecule has 0 spiro atoms. The molecule has 0 saturated carbocycles. The molecule has 0 rings (SSSR count). The van der Waals surface area contributed by atoms with Crippen LogP contribution in [0.3, 0.4) is 0 Å². The number of unbranched alkanes of at least 4 members (excludes halogenated alkanes) is 9. The van der Waals surface area contributed by atoms with E-state index in [1.54, 1.807) is 0 Å². The number of allylic oxidation sites excluding steroid dienone is 1. The van der Waals surface area contributed by atoms with Crippen LogP contribution < -0.4 is 0 Å². The van der Waals surface area contributed by atoms with Crippen LogP contribution in [0.2, 0.25) is 0 Å². The fourth-order valence-corrected chi connectivity index (χ4v) is 2.82. The molecule has 0 aromatic rings. The van der Waals surface area contributed by atoms with Crippen LogP contribution in [0.1, 0.15) is 110 Å². The largest absolute Gasteiger partial charge is 0.466 e. The SMILES string of the molecule is CC/C=C\CCOC(=O)CCCC(=O)OCCCCCCCCCCCC. The van der Waals surface area contributed by atoms with E-state index in [9.17, 15) is 9.59 Å². The lowest BCUT2D eigenvalue weighted by Gasteiger charge is -2.06. The van der Waals surface area contributed by atoms with Crippen LogP contribution in [-0.2, 0) is 19.1 Å². The Morgan fingerprint density at radius 1 is 0.630 bits per heavy atom. The highest BCUT2D eigenvalue weighted by molar-refractivity contribution is 5.72. The smallest absolute Gasteiger partial charge is 0.305 e. The maximum Gasteiger partial charge on any atom is 0.305 e.